The molecule has 2 nitrogen and oxygen atoms in total. The van der Waals surface area contributed by atoms with Crippen LogP contribution in [0, 0.1) is 0 Å². The van der Waals surface area contributed by atoms with Crippen molar-refractivity contribution >= 4 is 0 Å². The summed E-state index contributed by atoms with van der Waals surface area (Å²) in [6.45, 7) is 3.69. The van der Waals surface area contributed by atoms with Crippen molar-refractivity contribution in [3.8, 4) is 0 Å². The first-order valence-corrected chi connectivity index (χ1v) is 4.74. The molecule has 12 heavy (non-hydrogen) atoms. The molecular formula is C10H19NO. The van der Waals surface area contributed by atoms with Gasteiger partial charge in [-0.15, -0.1) is 6.58 Å². The number of hydrogen-bond donors (Lipinski definition) is 2. The van der Waals surface area contributed by atoms with E-state index in [0.29, 0.717) is 0 Å². The molecule has 70 valence electrons. The van der Waals surface area contributed by atoms with Crippen molar-refractivity contribution in [3.05, 3.63) is 12.7 Å². The first-order chi connectivity index (χ1) is 5.66. The predicted octanol–water partition coefficient (Wildman–Crippen LogP) is 1.58. The van der Waals surface area contributed by atoms with Gasteiger partial charge in [0.05, 0.1) is 6.10 Å². The zero-order valence-electron chi connectivity index (χ0n) is 7.63. The number of rotatable bonds is 3. The highest BCUT2D eigenvalue weighted by Crippen LogP contribution is 2.29. The average Bonchev–Trinajstić information content (AvgIpc) is 2.08. The first-order valence-electron chi connectivity index (χ1n) is 4.74. The van der Waals surface area contributed by atoms with E-state index in [1.165, 1.54) is 0 Å². The molecule has 0 spiro atoms. The molecule has 0 aromatic carbocycles. The standard InChI is InChI=1S/C10H19NO/c1-2-3-6-10(11)7-4-9(12)5-8-10/h2,9,12H,1,3-8,11H2. The summed E-state index contributed by atoms with van der Waals surface area (Å²) in [7, 11) is 0. The fraction of sp³-hybridized carbons (Fsp3) is 0.800. The fourth-order valence-corrected chi connectivity index (χ4v) is 1.82. The van der Waals surface area contributed by atoms with Crippen molar-refractivity contribution in [2.24, 2.45) is 5.73 Å². The summed E-state index contributed by atoms with van der Waals surface area (Å²) in [6, 6.07) is 0. The maximum absolute atomic E-state index is 9.29. The van der Waals surface area contributed by atoms with Crippen LogP contribution < -0.4 is 5.73 Å². The number of nitrogens with two attached hydrogens (primary N) is 1. The normalized spacial score (nSPS) is 36.3. The Bertz CT molecular complexity index is 148. The molecule has 0 aromatic rings. The highest BCUT2D eigenvalue weighted by molar-refractivity contribution is 4.91. The van der Waals surface area contributed by atoms with Crippen molar-refractivity contribution in [2.75, 3.05) is 0 Å². The van der Waals surface area contributed by atoms with E-state index in [1.54, 1.807) is 0 Å². The van der Waals surface area contributed by atoms with Crippen LogP contribution in [0.4, 0.5) is 0 Å². The molecule has 0 radical (unpaired) electrons. The van der Waals surface area contributed by atoms with Gasteiger partial charge >= 0.3 is 0 Å². The van der Waals surface area contributed by atoms with Crippen LogP contribution >= 0.6 is 0 Å². The van der Waals surface area contributed by atoms with Crippen LogP contribution in [0.1, 0.15) is 38.5 Å². The quantitative estimate of drug-likeness (QED) is 0.630. The lowest BCUT2D eigenvalue weighted by atomic mass is 9.78. The van der Waals surface area contributed by atoms with E-state index in [1.807, 2.05) is 6.08 Å². The maximum atomic E-state index is 9.29. The zero-order valence-corrected chi connectivity index (χ0v) is 7.63. The fourth-order valence-electron chi connectivity index (χ4n) is 1.82. The van der Waals surface area contributed by atoms with Crippen LogP contribution in [0.25, 0.3) is 0 Å². The second-order valence-corrected chi connectivity index (χ2v) is 3.92. The van der Waals surface area contributed by atoms with Crippen LogP contribution in [-0.4, -0.2) is 16.7 Å². The minimum absolute atomic E-state index is 0.0204. The third kappa shape index (κ3) is 2.61. The van der Waals surface area contributed by atoms with Gasteiger partial charge in [-0.05, 0) is 38.5 Å². The van der Waals surface area contributed by atoms with E-state index >= 15 is 0 Å². The minimum Gasteiger partial charge on any atom is -0.393 e. The van der Waals surface area contributed by atoms with Gasteiger partial charge in [0.15, 0.2) is 0 Å². The van der Waals surface area contributed by atoms with E-state index in [9.17, 15) is 5.11 Å². The molecule has 0 unspecified atom stereocenters. The van der Waals surface area contributed by atoms with Crippen LogP contribution in [0.2, 0.25) is 0 Å². The second-order valence-electron chi connectivity index (χ2n) is 3.92. The molecule has 0 aromatic heterocycles. The Balaban J connectivity index is 2.33. The number of allylic oxidation sites excluding steroid dienone is 1. The van der Waals surface area contributed by atoms with Crippen molar-refractivity contribution in [2.45, 2.75) is 50.2 Å². The van der Waals surface area contributed by atoms with Crippen LogP contribution in [0.3, 0.4) is 0 Å². The first kappa shape index (κ1) is 9.75. The molecule has 0 heterocycles. The minimum atomic E-state index is -0.106. The molecule has 1 aliphatic rings. The summed E-state index contributed by atoms with van der Waals surface area (Å²) in [5.74, 6) is 0. The Labute approximate surface area is 74.5 Å². The average molecular weight is 169 g/mol. The van der Waals surface area contributed by atoms with Gasteiger partial charge < -0.3 is 10.8 Å². The molecule has 1 fully saturated rings. The van der Waals surface area contributed by atoms with E-state index in [2.05, 4.69) is 6.58 Å². The van der Waals surface area contributed by atoms with Crippen LogP contribution in [0.15, 0.2) is 12.7 Å². The van der Waals surface area contributed by atoms with Gasteiger partial charge in [-0.25, -0.2) is 0 Å². The lowest BCUT2D eigenvalue weighted by Gasteiger charge is -2.35. The molecule has 0 atom stereocenters. The Morgan fingerprint density at radius 1 is 1.50 bits per heavy atom. The molecular weight excluding hydrogens is 150 g/mol. The molecule has 0 amide bonds. The van der Waals surface area contributed by atoms with Crippen LogP contribution in [0.5, 0.6) is 0 Å². The summed E-state index contributed by atoms with van der Waals surface area (Å²) in [4.78, 5) is 0. The summed E-state index contributed by atoms with van der Waals surface area (Å²) < 4.78 is 0. The van der Waals surface area contributed by atoms with Gasteiger partial charge in [-0.3, -0.25) is 0 Å². The monoisotopic (exact) mass is 169 g/mol. The Morgan fingerprint density at radius 3 is 2.58 bits per heavy atom. The lowest BCUT2D eigenvalue weighted by molar-refractivity contribution is 0.0948. The van der Waals surface area contributed by atoms with E-state index in [-0.39, 0.29) is 11.6 Å². The second kappa shape index (κ2) is 4.06. The van der Waals surface area contributed by atoms with Crippen molar-refractivity contribution in [1.82, 2.24) is 0 Å². The summed E-state index contributed by atoms with van der Waals surface area (Å²) >= 11 is 0. The lowest BCUT2D eigenvalue weighted by Crippen LogP contribution is -2.44. The molecule has 1 saturated carbocycles. The summed E-state index contributed by atoms with van der Waals surface area (Å²) in [6.07, 6.45) is 7.48. The van der Waals surface area contributed by atoms with Gasteiger partial charge in [0.2, 0.25) is 0 Å². The predicted molar refractivity (Wildman–Crippen MR) is 50.8 cm³/mol. The van der Waals surface area contributed by atoms with Crippen LogP contribution in [-0.2, 0) is 0 Å². The van der Waals surface area contributed by atoms with Gasteiger partial charge in [-0.2, -0.15) is 0 Å². The van der Waals surface area contributed by atoms with Gasteiger partial charge in [0.25, 0.3) is 0 Å². The van der Waals surface area contributed by atoms with E-state index < -0.39 is 0 Å². The van der Waals surface area contributed by atoms with E-state index in [4.69, 9.17) is 5.73 Å². The Morgan fingerprint density at radius 2 is 2.08 bits per heavy atom. The van der Waals surface area contributed by atoms with E-state index in [0.717, 1.165) is 38.5 Å². The maximum Gasteiger partial charge on any atom is 0.0541 e. The smallest absolute Gasteiger partial charge is 0.0541 e. The highest BCUT2D eigenvalue weighted by Gasteiger charge is 2.29. The number of aliphatic hydroxyl groups excluding tert-OH is 1. The molecule has 3 N–H and O–H groups in total. The topological polar surface area (TPSA) is 46.2 Å². The van der Waals surface area contributed by atoms with Gasteiger partial charge in [0.1, 0.15) is 0 Å². The molecule has 0 saturated heterocycles. The Kier molecular flexibility index (Phi) is 3.29. The number of aliphatic hydroxyl groups is 1. The SMILES string of the molecule is C=CCCC1(N)CCC(O)CC1. The third-order valence-electron chi connectivity index (χ3n) is 2.80. The molecule has 1 aliphatic carbocycles. The zero-order chi connectivity index (χ0) is 9.03. The largest absolute Gasteiger partial charge is 0.393 e. The molecule has 2 heteroatoms. The molecule has 0 bridgehead atoms. The number of hydrogen-bond acceptors (Lipinski definition) is 2. The molecule has 0 aliphatic heterocycles. The van der Waals surface area contributed by atoms with Gasteiger partial charge in [-0.1, -0.05) is 6.08 Å². The highest BCUT2D eigenvalue weighted by atomic mass is 16.3. The van der Waals surface area contributed by atoms with Crippen molar-refractivity contribution in [1.29, 1.82) is 0 Å². The summed E-state index contributed by atoms with van der Waals surface area (Å²) in [5.41, 5.74) is 6.13. The van der Waals surface area contributed by atoms with Crippen molar-refractivity contribution in [3.63, 3.8) is 0 Å². The molecule has 1 rings (SSSR count). The van der Waals surface area contributed by atoms with Gasteiger partial charge in [0, 0.05) is 5.54 Å². The summed E-state index contributed by atoms with van der Waals surface area (Å²) in [5, 5.41) is 9.29. The Hall–Kier alpha value is -0.340. The van der Waals surface area contributed by atoms with Crippen molar-refractivity contribution < 1.29 is 5.11 Å². The third-order valence-corrected chi connectivity index (χ3v) is 2.80.